The Bertz CT molecular complexity index is 599. The minimum absolute atomic E-state index is 0.0535. The third-order valence-corrected chi connectivity index (χ3v) is 7.71. The molecule has 0 aromatic rings. The Kier molecular flexibility index (Phi) is 5.00. The van der Waals surface area contributed by atoms with Crippen molar-refractivity contribution >= 4 is 11.8 Å². The highest BCUT2D eigenvalue weighted by Gasteiger charge is 2.57. The van der Waals surface area contributed by atoms with E-state index in [2.05, 4.69) is 24.1 Å². The van der Waals surface area contributed by atoms with Crippen LogP contribution in [-0.2, 0) is 14.3 Å². The zero-order chi connectivity index (χ0) is 19.2. The van der Waals surface area contributed by atoms with E-state index in [1.54, 1.807) is 0 Å². The predicted octanol–water partition coefficient (Wildman–Crippen LogP) is 1.78. The molecule has 6 heteroatoms. The first kappa shape index (κ1) is 19.2. The summed E-state index contributed by atoms with van der Waals surface area (Å²) in [7, 11) is 2.05. The minimum Gasteiger partial charge on any atom is -0.377 e. The fourth-order valence-electron chi connectivity index (χ4n) is 5.35. The molecule has 4 atom stereocenters. The Morgan fingerprint density at radius 2 is 1.89 bits per heavy atom. The molecule has 3 saturated heterocycles. The number of likely N-dealkylation sites (tertiary alicyclic amines) is 2. The summed E-state index contributed by atoms with van der Waals surface area (Å²) in [6, 6.07) is 0.0535. The van der Waals surface area contributed by atoms with Gasteiger partial charge in [-0.25, -0.2) is 0 Å². The maximum atomic E-state index is 13.2. The average Bonchev–Trinajstić information content (AvgIpc) is 3.31. The van der Waals surface area contributed by atoms with Crippen molar-refractivity contribution in [2.45, 2.75) is 76.5 Å². The summed E-state index contributed by atoms with van der Waals surface area (Å²) >= 11 is 0. The van der Waals surface area contributed by atoms with Crippen molar-refractivity contribution in [1.29, 1.82) is 0 Å². The van der Waals surface area contributed by atoms with Crippen LogP contribution in [0, 0.1) is 11.3 Å². The van der Waals surface area contributed by atoms with Gasteiger partial charge in [0.15, 0.2) is 0 Å². The second-order valence-corrected chi connectivity index (χ2v) is 9.58. The quantitative estimate of drug-likeness (QED) is 0.811. The van der Waals surface area contributed by atoms with E-state index in [0.29, 0.717) is 6.54 Å². The van der Waals surface area contributed by atoms with Crippen molar-refractivity contribution in [3.05, 3.63) is 0 Å². The van der Waals surface area contributed by atoms with E-state index in [1.165, 1.54) is 0 Å². The second kappa shape index (κ2) is 7.03. The van der Waals surface area contributed by atoms with Crippen LogP contribution in [-0.4, -0.2) is 72.6 Å². The Morgan fingerprint density at radius 1 is 1.11 bits per heavy atom. The average molecular weight is 378 g/mol. The predicted molar refractivity (Wildman–Crippen MR) is 103 cm³/mol. The summed E-state index contributed by atoms with van der Waals surface area (Å²) in [5.74, 6) is 0.670. The van der Waals surface area contributed by atoms with Crippen molar-refractivity contribution in [2.75, 3.05) is 33.3 Å². The molecule has 0 bridgehead atoms. The van der Waals surface area contributed by atoms with E-state index >= 15 is 0 Å². The summed E-state index contributed by atoms with van der Waals surface area (Å²) in [4.78, 5) is 30.4. The number of nitrogens with zero attached hydrogens (tertiary/aromatic N) is 2. The standard InChI is InChI=1S/C21H35N3O3/c1-15-13-24(19(26)20(2)8-6-11-23(20)3)14-16(15)22-18(25)21(9-10-21)17-7-4-5-12-27-17/h15-17H,4-14H2,1-3H3,(H,22,25)/t15-,16+,17?,20?/m1/s1. The van der Waals surface area contributed by atoms with Gasteiger partial charge in [-0.05, 0) is 71.4 Å². The molecule has 1 N–H and O–H groups in total. The minimum atomic E-state index is -0.383. The highest BCUT2D eigenvalue weighted by molar-refractivity contribution is 5.88. The van der Waals surface area contributed by atoms with Crippen LogP contribution in [0.15, 0.2) is 0 Å². The van der Waals surface area contributed by atoms with Gasteiger partial charge in [0.1, 0.15) is 0 Å². The van der Waals surface area contributed by atoms with Crippen LogP contribution in [0.3, 0.4) is 0 Å². The van der Waals surface area contributed by atoms with Crippen molar-refractivity contribution in [3.8, 4) is 0 Å². The molecule has 0 spiro atoms. The van der Waals surface area contributed by atoms with Crippen molar-refractivity contribution in [2.24, 2.45) is 11.3 Å². The highest BCUT2D eigenvalue weighted by Crippen LogP contribution is 2.52. The van der Waals surface area contributed by atoms with Gasteiger partial charge in [0.2, 0.25) is 11.8 Å². The Balaban J connectivity index is 1.38. The first-order valence-electron chi connectivity index (χ1n) is 10.8. The van der Waals surface area contributed by atoms with Gasteiger partial charge in [0.05, 0.1) is 23.1 Å². The second-order valence-electron chi connectivity index (χ2n) is 9.58. The third-order valence-electron chi connectivity index (χ3n) is 7.71. The van der Waals surface area contributed by atoms with Crippen LogP contribution < -0.4 is 5.32 Å². The smallest absolute Gasteiger partial charge is 0.242 e. The monoisotopic (exact) mass is 377 g/mol. The lowest BCUT2D eigenvalue weighted by molar-refractivity contribution is -0.141. The molecule has 3 aliphatic heterocycles. The van der Waals surface area contributed by atoms with Gasteiger partial charge in [0, 0.05) is 19.7 Å². The van der Waals surface area contributed by atoms with E-state index < -0.39 is 0 Å². The van der Waals surface area contributed by atoms with Crippen LogP contribution in [0.5, 0.6) is 0 Å². The molecule has 152 valence electrons. The lowest BCUT2D eigenvalue weighted by Crippen LogP contribution is -2.53. The Hall–Kier alpha value is -1.14. The molecular weight excluding hydrogens is 342 g/mol. The number of rotatable bonds is 4. The van der Waals surface area contributed by atoms with E-state index in [4.69, 9.17) is 4.74 Å². The SMILES string of the molecule is C[C@@H]1CN(C(=O)C2(C)CCCN2C)C[C@@H]1NC(=O)C1(C2CCCCO2)CC1. The van der Waals surface area contributed by atoms with Gasteiger partial charge in [-0.15, -0.1) is 0 Å². The lowest BCUT2D eigenvalue weighted by Gasteiger charge is -2.34. The first-order valence-corrected chi connectivity index (χ1v) is 10.8. The molecule has 4 fully saturated rings. The number of amides is 2. The number of likely N-dealkylation sites (N-methyl/N-ethyl adjacent to an activating group) is 1. The van der Waals surface area contributed by atoms with E-state index in [-0.39, 0.29) is 40.8 Å². The van der Waals surface area contributed by atoms with Crippen LogP contribution >= 0.6 is 0 Å². The summed E-state index contributed by atoms with van der Waals surface area (Å²) in [5.41, 5.74) is -0.679. The fourth-order valence-corrected chi connectivity index (χ4v) is 5.35. The van der Waals surface area contributed by atoms with Crippen molar-refractivity contribution in [3.63, 3.8) is 0 Å². The lowest BCUT2D eigenvalue weighted by atomic mass is 9.91. The third kappa shape index (κ3) is 3.29. The number of hydrogen-bond donors (Lipinski definition) is 1. The van der Waals surface area contributed by atoms with Gasteiger partial charge >= 0.3 is 0 Å². The molecule has 1 saturated carbocycles. The zero-order valence-electron chi connectivity index (χ0n) is 17.1. The first-order chi connectivity index (χ1) is 12.9. The molecule has 1 aliphatic carbocycles. The van der Waals surface area contributed by atoms with Crippen molar-refractivity contribution in [1.82, 2.24) is 15.1 Å². The summed E-state index contributed by atoms with van der Waals surface area (Å²) in [5, 5.41) is 3.30. The maximum Gasteiger partial charge on any atom is 0.242 e. The van der Waals surface area contributed by atoms with Crippen LogP contribution in [0.2, 0.25) is 0 Å². The molecule has 4 rings (SSSR count). The Labute approximate surface area is 163 Å². The molecule has 0 aromatic heterocycles. The van der Waals surface area contributed by atoms with Crippen LogP contribution in [0.25, 0.3) is 0 Å². The molecule has 4 aliphatic rings. The van der Waals surface area contributed by atoms with E-state index in [9.17, 15) is 9.59 Å². The van der Waals surface area contributed by atoms with Gasteiger partial charge in [-0.1, -0.05) is 6.92 Å². The molecular formula is C21H35N3O3. The van der Waals surface area contributed by atoms with Gasteiger partial charge in [-0.3, -0.25) is 14.5 Å². The van der Waals surface area contributed by atoms with E-state index in [1.807, 2.05) is 11.9 Å². The fraction of sp³-hybridized carbons (Fsp3) is 0.905. The molecule has 2 unspecified atom stereocenters. The topological polar surface area (TPSA) is 61.9 Å². The highest BCUT2D eigenvalue weighted by atomic mass is 16.5. The van der Waals surface area contributed by atoms with Crippen LogP contribution in [0.4, 0.5) is 0 Å². The molecule has 2 amide bonds. The number of hydrogen-bond acceptors (Lipinski definition) is 4. The Morgan fingerprint density at radius 3 is 2.48 bits per heavy atom. The van der Waals surface area contributed by atoms with Gasteiger partial charge in [-0.2, -0.15) is 0 Å². The summed E-state index contributed by atoms with van der Waals surface area (Å²) in [6.45, 7) is 7.36. The maximum absolute atomic E-state index is 13.2. The molecule has 6 nitrogen and oxygen atoms in total. The van der Waals surface area contributed by atoms with Crippen LogP contribution in [0.1, 0.15) is 58.8 Å². The van der Waals surface area contributed by atoms with Gasteiger partial charge < -0.3 is 15.0 Å². The van der Waals surface area contributed by atoms with Gasteiger partial charge in [0.25, 0.3) is 0 Å². The molecule has 0 aromatic carbocycles. The number of carbonyl (C=O) groups is 2. The summed E-state index contributed by atoms with van der Waals surface area (Å²) in [6.07, 6.45) is 7.24. The number of nitrogens with one attached hydrogen (secondary N) is 1. The summed E-state index contributed by atoms with van der Waals surface area (Å²) < 4.78 is 5.94. The zero-order valence-corrected chi connectivity index (χ0v) is 17.1. The number of carbonyl (C=O) groups excluding carboxylic acids is 2. The molecule has 3 heterocycles. The number of ether oxygens (including phenoxy) is 1. The normalized spacial score (nSPS) is 38.8. The van der Waals surface area contributed by atoms with Crippen molar-refractivity contribution < 1.29 is 14.3 Å². The largest absolute Gasteiger partial charge is 0.377 e. The molecule has 0 radical (unpaired) electrons. The van der Waals surface area contributed by atoms with E-state index in [0.717, 1.165) is 64.6 Å². The molecule has 27 heavy (non-hydrogen) atoms.